The molecule has 5 nitrogen and oxygen atoms in total. The number of aliphatic hydroxyl groups excluding tert-OH is 1. The molecular formula is C14H13NO4. The Morgan fingerprint density at radius 3 is 2.32 bits per heavy atom. The predicted molar refractivity (Wildman–Crippen MR) is 70.2 cm³/mol. The van der Waals surface area contributed by atoms with Crippen LogP contribution in [0, 0.1) is 10.1 Å². The average Bonchev–Trinajstić information content (AvgIpc) is 2.39. The summed E-state index contributed by atoms with van der Waals surface area (Å²) in [5, 5.41) is 20.6. The lowest BCUT2D eigenvalue weighted by atomic mass is 10.1. The monoisotopic (exact) mass is 259 g/mol. The Hall–Kier alpha value is -2.40. The summed E-state index contributed by atoms with van der Waals surface area (Å²) in [5.41, 5.74) is 0.476. The van der Waals surface area contributed by atoms with Crippen LogP contribution in [0.1, 0.15) is 18.6 Å². The van der Waals surface area contributed by atoms with Gasteiger partial charge in [-0.3, -0.25) is 10.1 Å². The van der Waals surface area contributed by atoms with E-state index >= 15 is 0 Å². The Kier molecular flexibility index (Phi) is 3.77. The predicted octanol–water partition coefficient (Wildman–Crippen LogP) is 3.44. The van der Waals surface area contributed by atoms with Crippen molar-refractivity contribution in [1.82, 2.24) is 0 Å². The molecule has 0 spiro atoms. The number of nitrogens with zero attached hydrogens (tertiary/aromatic N) is 1. The van der Waals surface area contributed by atoms with E-state index in [2.05, 4.69) is 0 Å². The summed E-state index contributed by atoms with van der Waals surface area (Å²) < 4.78 is 5.56. The Labute approximate surface area is 110 Å². The second kappa shape index (κ2) is 5.49. The van der Waals surface area contributed by atoms with Crippen LogP contribution in [0.5, 0.6) is 11.5 Å². The molecule has 0 aliphatic heterocycles. The molecule has 2 rings (SSSR count). The van der Waals surface area contributed by atoms with Crippen molar-refractivity contribution in [3.63, 3.8) is 0 Å². The van der Waals surface area contributed by atoms with Crippen molar-refractivity contribution >= 4 is 5.69 Å². The summed E-state index contributed by atoms with van der Waals surface area (Å²) >= 11 is 0. The summed E-state index contributed by atoms with van der Waals surface area (Å²) in [6, 6.07) is 13.0. The SMILES string of the molecule is CC(O)c1ccccc1Oc1ccccc1[N+](=O)[O-]. The van der Waals surface area contributed by atoms with Crippen LogP contribution < -0.4 is 4.74 Å². The number of aliphatic hydroxyl groups is 1. The minimum atomic E-state index is -0.709. The van der Waals surface area contributed by atoms with Gasteiger partial charge >= 0.3 is 5.69 Å². The molecule has 0 saturated carbocycles. The molecule has 0 fully saturated rings. The van der Waals surface area contributed by atoms with Gasteiger partial charge in [0.25, 0.3) is 0 Å². The highest BCUT2D eigenvalue weighted by Crippen LogP contribution is 2.34. The molecule has 0 amide bonds. The number of para-hydroxylation sites is 3. The molecule has 0 bridgehead atoms. The van der Waals surface area contributed by atoms with Crippen LogP contribution in [-0.2, 0) is 0 Å². The molecule has 0 saturated heterocycles. The fourth-order valence-corrected chi connectivity index (χ4v) is 1.73. The number of hydrogen-bond donors (Lipinski definition) is 1. The lowest BCUT2D eigenvalue weighted by molar-refractivity contribution is -0.385. The van der Waals surface area contributed by atoms with Gasteiger partial charge < -0.3 is 9.84 Å². The summed E-state index contributed by atoms with van der Waals surface area (Å²) in [7, 11) is 0. The molecule has 19 heavy (non-hydrogen) atoms. The number of nitro groups is 1. The maximum Gasteiger partial charge on any atom is 0.311 e. The molecule has 0 aliphatic rings. The van der Waals surface area contributed by atoms with Crippen LogP contribution in [0.25, 0.3) is 0 Å². The fraction of sp³-hybridized carbons (Fsp3) is 0.143. The first-order chi connectivity index (χ1) is 9.09. The van der Waals surface area contributed by atoms with E-state index in [4.69, 9.17) is 4.74 Å². The quantitative estimate of drug-likeness (QED) is 0.674. The molecule has 2 aromatic rings. The van der Waals surface area contributed by atoms with Crippen molar-refractivity contribution in [2.75, 3.05) is 0 Å². The lowest BCUT2D eigenvalue weighted by Crippen LogP contribution is -1.98. The van der Waals surface area contributed by atoms with E-state index in [0.29, 0.717) is 11.3 Å². The van der Waals surface area contributed by atoms with Crippen molar-refractivity contribution in [1.29, 1.82) is 0 Å². The van der Waals surface area contributed by atoms with Gasteiger partial charge in [-0.1, -0.05) is 30.3 Å². The second-order valence-electron chi connectivity index (χ2n) is 4.04. The molecule has 0 aromatic heterocycles. The molecule has 0 radical (unpaired) electrons. The summed E-state index contributed by atoms with van der Waals surface area (Å²) in [5.74, 6) is 0.562. The van der Waals surface area contributed by atoms with Gasteiger partial charge in [0.1, 0.15) is 5.75 Å². The fourth-order valence-electron chi connectivity index (χ4n) is 1.73. The van der Waals surface area contributed by atoms with E-state index in [1.807, 2.05) is 0 Å². The summed E-state index contributed by atoms with van der Waals surface area (Å²) in [6.07, 6.45) is -0.709. The second-order valence-corrected chi connectivity index (χ2v) is 4.04. The van der Waals surface area contributed by atoms with Crippen molar-refractivity contribution < 1.29 is 14.8 Å². The van der Waals surface area contributed by atoms with Crippen LogP contribution in [0.3, 0.4) is 0 Å². The molecule has 98 valence electrons. The first-order valence-corrected chi connectivity index (χ1v) is 5.78. The standard InChI is InChI=1S/C14H13NO4/c1-10(16)11-6-2-4-8-13(11)19-14-9-5-3-7-12(14)15(17)18/h2-10,16H,1H3. The number of nitro benzene ring substituents is 1. The number of benzene rings is 2. The van der Waals surface area contributed by atoms with Crippen LogP contribution >= 0.6 is 0 Å². The Morgan fingerprint density at radius 1 is 1.11 bits per heavy atom. The smallest absolute Gasteiger partial charge is 0.311 e. The maximum absolute atomic E-state index is 10.9. The molecule has 2 aromatic carbocycles. The van der Waals surface area contributed by atoms with Gasteiger partial charge in [-0.15, -0.1) is 0 Å². The molecule has 1 unspecified atom stereocenters. The maximum atomic E-state index is 10.9. The van der Waals surface area contributed by atoms with Gasteiger partial charge in [0.15, 0.2) is 0 Å². The van der Waals surface area contributed by atoms with Crippen molar-refractivity contribution in [3.05, 3.63) is 64.2 Å². The van der Waals surface area contributed by atoms with E-state index in [1.165, 1.54) is 12.1 Å². The number of ether oxygens (including phenoxy) is 1. The van der Waals surface area contributed by atoms with Crippen molar-refractivity contribution in [2.45, 2.75) is 13.0 Å². The normalized spacial score (nSPS) is 11.9. The van der Waals surface area contributed by atoms with Crippen LogP contribution in [0.15, 0.2) is 48.5 Å². The summed E-state index contributed by atoms with van der Waals surface area (Å²) in [4.78, 5) is 10.4. The van der Waals surface area contributed by atoms with Crippen LogP contribution in [0.2, 0.25) is 0 Å². The Balaban J connectivity index is 2.39. The first kappa shape index (κ1) is 13.0. The van der Waals surface area contributed by atoms with E-state index < -0.39 is 11.0 Å². The van der Waals surface area contributed by atoms with Gasteiger partial charge in [-0.25, -0.2) is 0 Å². The van der Waals surface area contributed by atoms with Crippen molar-refractivity contribution in [2.24, 2.45) is 0 Å². The molecular weight excluding hydrogens is 246 g/mol. The van der Waals surface area contributed by atoms with Gasteiger partial charge in [-0.05, 0) is 19.1 Å². The number of rotatable bonds is 4. The van der Waals surface area contributed by atoms with Crippen molar-refractivity contribution in [3.8, 4) is 11.5 Å². The molecule has 0 aliphatic carbocycles. The van der Waals surface area contributed by atoms with E-state index in [9.17, 15) is 15.2 Å². The topological polar surface area (TPSA) is 72.6 Å². The first-order valence-electron chi connectivity index (χ1n) is 5.78. The summed E-state index contributed by atoms with van der Waals surface area (Å²) in [6.45, 7) is 1.61. The van der Waals surface area contributed by atoms with Gasteiger partial charge in [-0.2, -0.15) is 0 Å². The molecule has 5 heteroatoms. The highest BCUT2D eigenvalue weighted by molar-refractivity contribution is 5.49. The van der Waals surface area contributed by atoms with E-state index in [-0.39, 0.29) is 11.4 Å². The third-order valence-electron chi connectivity index (χ3n) is 2.65. The largest absolute Gasteiger partial charge is 0.450 e. The Morgan fingerprint density at radius 2 is 1.68 bits per heavy atom. The molecule has 1 atom stereocenters. The minimum absolute atomic E-state index is 0.108. The third-order valence-corrected chi connectivity index (χ3v) is 2.65. The van der Waals surface area contributed by atoms with Gasteiger partial charge in [0.2, 0.25) is 5.75 Å². The molecule has 0 heterocycles. The van der Waals surface area contributed by atoms with E-state index in [1.54, 1.807) is 43.3 Å². The van der Waals surface area contributed by atoms with Gasteiger partial charge in [0.05, 0.1) is 11.0 Å². The van der Waals surface area contributed by atoms with Gasteiger partial charge in [0, 0.05) is 11.6 Å². The lowest BCUT2D eigenvalue weighted by Gasteiger charge is -2.12. The Bertz CT molecular complexity index is 596. The third kappa shape index (κ3) is 2.89. The molecule has 1 N–H and O–H groups in total. The zero-order valence-corrected chi connectivity index (χ0v) is 10.3. The zero-order valence-electron chi connectivity index (χ0n) is 10.3. The highest BCUT2D eigenvalue weighted by atomic mass is 16.6. The highest BCUT2D eigenvalue weighted by Gasteiger charge is 2.16. The number of hydrogen-bond acceptors (Lipinski definition) is 4. The average molecular weight is 259 g/mol. The van der Waals surface area contributed by atoms with E-state index in [0.717, 1.165) is 0 Å². The van der Waals surface area contributed by atoms with Crippen LogP contribution in [0.4, 0.5) is 5.69 Å². The van der Waals surface area contributed by atoms with Crippen LogP contribution in [-0.4, -0.2) is 10.0 Å². The zero-order chi connectivity index (χ0) is 13.8. The minimum Gasteiger partial charge on any atom is -0.450 e.